The van der Waals surface area contributed by atoms with Crippen LogP contribution in [0.1, 0.15) is 40.0 Å². The molecule has 1 saturated heterocycles. The Morgan fingerprint density at radius 2 is 2.23 bits per heavy atom. The molecular weight excluding hydrogens is 160 g/mol. The highest BCUT2D eigenvalue weighted by molar-refractivity contribution is 4.82. The van der Waals surface area contributed by atoms with Crippen LogP contribution in [0.15, 0.2) is 0 Å². The molecule has 0 amide bonds. The van der Waals surface area contributed by atoms with Gasteiger partial charge in [-0.1, -0.05) is 6.92 Å². The van der Waals surface area contributed by atoms with Gasteiger partial charge in [-0.15, -0.1) is 0 Å². The molecule has 0 spiro atoms. The van der Waals surface area contributed by atoms with Crippen molar-refractivity contribution in [1.82, 2.24) is 10.2 Å². The number of nitrogens with one attached hydrogen (secondary N) is 1. The van der Waals surface area contributed by atoms with Gasteiger partial charge < -0.3 is 5.32 Å². The quantitative estimate of drug-likeness (QED) is 0.656. The largest absolute Gasteiger partial charge is 0.315 e. The van der Waals surface area contributed by atoms with Gasteiger partial charge >= 0.3 is 0 Å². The molecule has 78 valence electrons. The zero-order chi connectivity index (χ0) is 9.68. The Morgan fingerprint density at radius 3 is 2.85 bits per heavy atom. The smallest absolute Gasteiger partial charge is 0.0223 e. The third-order valence-corrected chi connectivity index (χ3v) is 2.89. The van der Waals surface area contributed by atoms with Crippen LogP contribution < -0.4 is 5.32 Å². The highest BCUT2D eigenvalue weighted by Gasteiger charge is 2.25. The summed E-state index contributed by atoms with van der Waals surface area (Å²) in [6, 6.07) is 1.52. The van der Waals surface area contributed by atoms with Crippen molar-refractivity contribution >= 4 is 0 Å². The third kappa shape index (κ3) is 3.28. The van der Waals surface area contributed by atoms with Crippen LogP contribution in [0.5, 0.6) is 0 Å². The zero-order valence-electron chi connectivity index (χ0n) is 9.34. The number of likely N-dealkylation sites (tertiary alicyclic amines) is 1. The van der Waals surface area contributed by atoms with Crippen molar-refractivity contribution < 1.29 is 0 Å². The van der Waals surface area contributed by atoms with E-state index in [9.17, 15) is 0 Å². The molecule has 2 nitrogen and oxygen atoms in total. The van der Waals surface area contributed by atoms with E-state index in [0.717, 1.165) is 12.1 Å². The van der Waals surface area contributed by atoms with Gasteiger partial charge in [-0.2, -0.15) is 0 Å². The molecule has 13 heavy (non-hydrogen) atoms. The summed E-state index contributed by atoms with van der Waals surface area (Å²) in [5, 5.41) is 3.52. The topological polar surface area (TPSA) is 15.3 Å². The maximum absolute atomic E-state index is 3.52. The number of hydrogen-bond donors (Lipinski definition) is 1. The molecule has 1 N–H and O–H groups in total. The monoisotopic (exact) mass is 184 g/mol. The van der Waals surface area contributed by atoms with Crippen molar-refractivity contribution in [1.29, 1.82) is 0 Å². The Kier molecular flexibility index (Phi) is 4.74. The highest BCUT2D eigenvalue weighted by Crippen LogP contribution is 2.18. The minimum absolute atomic E-state index is 0.718. The van der Waals surface area contributed by atoms with E-state index in [1.165, 1.54) is 38.9 Å². The SMILES string of the molecule is CCCNC[C@H]1CCCN1C(C)C. The van der Waals surface area contributed by atoms with E-state index < -0.39 is 0 Å². The predicted molar refractivity (Wildman–Crippen MR) is 58.0 cm³/mol. The molecule has 0 aromatic rings. The fourth-order valence-electron chi connectivity index (χ4n) is 2.20. The molecule has 2 heteroatoms. The van der Waals surface area contributed by atoms with Crippen LogP contribution >= 0.6 is 0 Å². The first-order chi connectivity index (χ1) is 6.25. The lowest BCUT2D eigenvalue weighted by molar-refractivity contribution is 0.200. The van der Waals surface area contributed by atoms with Crippen LogP contribution in [-0.2, 0) is 0 Å². The lowest BCUT2D eigenvalue weighted by atomic mass is 10.2. The predicted octanol–water partition coefficient (Wildman–Crippen LogP) is 1.86. The molecule has 1 atom stereocenters. The summed E-state index contributed by atoms with van der Waals surface area (Å²) >= 11 is 0. The van der Waals surface area contributed by atoms with Crippen LogP contribution in [0.3, 0.4) is 0 Å². The van der Waals surface area contributed by atoms with Crippen molar-refractivity contribution in [3.8, 4) is 0 Å². The summed E-state index contributed by atoms with van der Waals surface area (Å²) in [5.74, 6) is 0. The Morgan fingerprint density at radius 1 is 1.46 bits per heavy atom. The average molecular weight is 184 g/mol. The second kappa shape index (κ2) is 5.61. The van der Waals surface area contributed by atoms with Gasteiger partial charge in [0.05, 0.1) is 0 Å². The second-order valence-electron chi connectivity index (χ2n) is 4.33. The lowest BCUT2D eigenvalue weighted by Gasteiger charge is -2.28. The van der Waals surface area contributed by atoms with Crippen LogP contribution in [0.25, 0.3) is 0 Å². The molecule has 0 bridgehead atoms. The van der Waals surface area contributed by atoms with Crippen molar-refractivity contribution in [2.75, 3.05) is 19.6 Å². The molecule has 0 aromatic carbocycles. The molecule has 1 aliphatic heterocycles. The highest BCUT2D eigenvalue weighted by atomic mass is 15.2. The lowest BCUT2D eigenvalue weighted by Crippen LogP contribution is -2.41. The van der Waals surface area contributed by atoms with Crippen molar-refractivity contribution in [3.05, 3.63) is 0 Å². The molecule has 0 radical (unpaired) electrons. The standard InChI is InChI=1S/C11H24N2/c1-4-7-12-9-11-6-5-8-13(11)10(2)3/h10-12H,4-9H2,1-3H3/t11-/m1/s1. The molecule has 1 heterocycles. The van der Waals surface area contributed by atoms with Gasteiger partial charge in [0.1, 0.15) is 0 Å². The molecule has 0 saturated carbocycles. The van der Waals surface area contributed by atoms with E-state index in [2.05, 4.69) is 31.0 Å². The minimum atomic E-state index is 0.718. The third-order valence-electron chi connectivity index (χ3n) is 2.89. The Labute approximate surface area is 82.7 Å². The van der Waals surface area contributed by atoms with Crippen LogP contribution in [0.2, 0.25) is 0 Å². The molecule has 0 aromatic heterocycles. The number of rotatable bonds is 5. The number of nitrogens with zero attached hydrogens (tertiary/aromatic N) is 1. The van der Waals surface area contributed by atoms with Crippen LogP contribution in [0, 0.1) is 0 Å². The Bertz CT molecular complexity index is 134. The van der Waals surface area contributed by atoms with E-state index in [1.54, 1.807) is 0 Å². The summed E-state index contributed by atoms with van der Waals surface area (Å²) in [5.41, 5.74) is 0. The summed E-state index contributed by atoms with van der Waals surface area (Å²) in [6.07, 6.45) is 4.01. The van der Waals surface area contributed by atoms with Gasteiger partial charge in [0.25, 0.3) is 0 Å². The van der Waals surface area contributed by atoms with Crippen LogP contribution in [-0.4, -0.2) is 36.6 Å². The first-order valence-corrected chi connectivity index (χ1v) is 5.72. The normalized spacial score (nSPS) is 24.5. The molecule has 1 fully saturated rings. The summed E-state index contributed by atoms with van der Waals surface area (Å²) in [7, 11) is 0. The fraction of sp³-hybridized carbons (Fsp3) is 1.00. The van der Waals surface area contributed by atoms with E-state index in [0.29, 0.717) is 0 Å². The molecule has 1 aliphatic rings. The minimum Gasteiger partial charge on any atom is -0.315 e. The Balaban J connectivity index is 2.23. The molecular formula is C11H24N2. The summed E-state index contributed by atoms with van der Waals surface area (Å²) in [4.78, 5) is 2.63. The number of hydrogen-bond acceptors (Lipinski definition) is 2. The summed E-state index contributed by atoms with van der Waals surface area (Å²) < 4.78 is 0. The second-order valence-corrected chi connectivity index (χ2v) is 4.33. The van der Waals surface area contributed by atoms with Crippen LogP contribution in [0.4, 0.5) is 0 Å². The first kappa shape index (κ1) is 11.0. The van der Waals surface area contributed by atoms with Gasteiger partial charge in [-0.3, -0.25) is 4.90 Å². The van der Waals surface area contributed by atoms with Gasteiger partial charge in [-0.05, 0) is 46.2 Å². The van der Waals surface area contributed by atoms with Gasteiger partial charge in [0.15, 0.2) is 0 Å². The van der Waals surface area contributed by atoms with Crippen molar-refractivity contribution in [3.63, 3.8) is 0 Å². The van der Waals surface area contributed by atoms with Crippen molar-refractivity contribution in [2.45, 2.75) is 52.1 Å². The maximum Gasteiger partial charge on any atom is 0.0223 e. The summed E-state index contributed by atoms with van der Waals surface area (Å²) in [6.45, 7) is 10.5. The molecule has 0 unspecified atom stereocenters. The van der Waals surface area contributed by atoms with E-state index in [-0.39, 0.29) is 0 Å². The molecule has 1 rings (SSSR count). The molecule has 0 aliphatic carbocycles. The zero-order valence-corrected chi connectivity index (χ0v) is 9.34. The van der Waals surface area contributed by atoms with E-state index in [1.807, 2.05) is 0 Å². The van der Waals surface area contributed by atoms with E-state index in [4.69, 9.17) is 0 Å². The first-order valence-electron chi connectivity index (χ1n) is 5.72. The fourth-order valence-corrected chi connectivity index (χ4v) is 2.20. The van der Waals surface area contributed by atoms with Gasteiger partial charge in [-0.25, -0.2) is 0 Å². The van der Waals surface area contributed by atoms with Gasteiger partial charge in [0.2, 0.25) is 0 Å². The maximum atomic E-state index is 3.52. The van der Waals surface area contributed by atoms with Crippen molar-refractivity contribution in [2.24, 2.45) is 0 Å². The van der Waals surface area contributed by atoms with Gasteiger partial charge in [0, 0.05) is 18.6 Å². The Hall–Kier alpha value is -0.0800. The average Bonchev–Trinajstić information content (AvgIpc) is 2.53. The van der Waals surface area contributed by atoms with E-state index >= 15 is 0 Å².